The molecule has 0 aromatic heterocycles. The van der Waals surface area contributed by atoms with Gasteiger partial charge in [-0.25, -0.2) is 4.90 Å². The lowest BCUT2D eigenvalue weighted by Crippen LogP contribution is -2.91. The first-order valence-electron chi connectivity index (χ1n) is 9.30. The third kappa shape index (κ3) is 4.28. The summed E-state index contributed by atoms with van der Waals surface area (Å²) in [6.07, 6.45) is 8.57. The fourth-order valence-corrected chi connectivity index (χ4v) is 3.57. The number of anilines is 1. The molecule has 2 aliphatic rings. The van der Waals surface area contributed by atoms with E-state index in [0.717, 1.165) is 18.7 Å². The molecule has 0 bridgehead atoms. The molecule has 0 spiro atoms. The summed E-state index contributed by atoms with van der Waals surface area (Å²) in [5.41, 5.74) is 2.13. The van der Waals surface area contributed by atoms with Gasteiger partial charge in [-0.1, -0.05) is 11.6 Å². The van der Waals surface area contributed by atoms with Crippen LogP contribution in [0.3, 0.4) is 0 Å². The van der Waals surface area contributed by atoms with Crippen molar-refractivity contribution in [2.45, 2.75) is 51.5 Å². The van der Waals surface area contributed by atoms with Gasteiger partial charge < -0.3 is 10.1 Å². The minimum atomic E-state index is -0.289. The minimum absolute atomic E-state index is 0.105. The van der Waals surface area contributed by atoms with Gasteiger partial charge in [0.05, 0.1) is 25.3 Å². The Morgan fingerprint density at radius 2 is 2.00 bits per heavy atom. The van der Waals surface area contributed by atoms with Gasteiger partial charge in [-0.15, -0.1) is 0 Å². The van der Waals surface area contributed by atoms with Gasteiger partial charge in [0.2, 0.25) is 5.91 Å². The second kappa shape index (κ2) is 8.30. The largest absolute Gasteiger partial charge is 0.494 e. The first kappa shape index (κ1) is 17.7. The molecular formula is C20H27N2O3+. The zero-order valence-corrected chi connectivity index (χ0v) is 14.9. The predicted octanol–water partition coefficient (Wildman–Crippen LogP) is 2.17. The van der Waals surface area contributed by atoms with Crippen molar-refractivity contribution in [1.29, 1.82) is 0 Å². The average molecular weight is 343 g/mol. The number of rotatable bonds is 7. The van der Waals surface area contributed by atoms with Crippen LogP contribution < -0.4 is 15.0 Å². The summed E-state index contributed by atoms with van der Waals surface area (Å²) in [5, 5.41) is 2.03. The number of nitrogens with two attached hydrogens (primary N) is 1. The van der Waals surface area contributed by atoms with Gasteiger partial charge in [-0.3, -0.25) is 9.59 Å². The fraction of sp³-hybridized carbons (Fsp3) is 0.500. The lowest BCUT2D eigenvalue weighted by molar-refractivity contribution is -0.674. The molecule has 1 heterocycles. The van der Waals surface area contributed by atoms with E-state index in [0.29, 0.717) is 12.3 Å². The minimum Gasteiger partial charge on any atom is -0.494 e. The number of allylic oxidation sites excluding steroid dienone is 1. The van der Waals surface area contributed by atoms with Crippen LogP contribution in [0.4, 0.5) is 5.69 Å². The van der Waals surface area contributed by atoms with E-state index < -0.39 is 0 Å². The number of benzene rings is 1. The molecule has 5 heteroatoms. The maximum atomic E-state index is 12.6. The second-order valence-corrected chi connectivity index (χ2v) is 6.69. The molecule has 0 unspecified atom stereocenters. The fourth-order valence-electron chi connectivity index (χ4n) is 3.57. The molecule has 1 aliphatic carbocycles. The Hall–Kier alpha value is -2.14. The van der Waals surface area contributed by atoms with E-state index in [-0.39, 0.29) is 24.3 Å². The van der Waals surface area contributed by atoms with Crippen LogP contribution in [-0.2, 0) is 9.59 Å². The van der Waals surface area contributed by atoms with Crippen molar-refractivity contribution >= 4 is 17.5 Å². The molecule has 134 valence electrons. The molecule has 5 nitrogen and oxygen atoms in total. The first-order valence-corrected chi connectivity index (χ1v) is 9.30. The molecule has 1 atom stereocenters. The molecule has 0 saturated carbocycles. The van der Waals surface area contributed by atoms with Crippen LogP contribution in [-0.4, -0.2) is 31.0 Å². The van der Waals surface area contributed by atoms with Crippen molar-refractivity contribution in [2.24, 2.45) is 0 Å². The number of hydrogen-bond acceptors (Lipinski definition) is 3. The van der Waals surface area contributed by atoms with Gasteiger partial charge in [-0.05, 0) is 56.9 Å². The number of hydrogen-bond donors (Lipinski definition) is 1. The van der Waals surface area contributed by atoms with Crippen LogP contribution in [0.1, 0.15) is 45.4 Å². The van der Waals surface area contributed by atoms with Crippen LogP contribution in [0.25, 0.3) is 0 Å². The van der Waals surface area contributed by atoms with E-state index in [9.17, 15) is 9.59 Å². The summed E-state index contributed by atoms with van der Waals surface area (Å²) < 4.78 is 5.41. The third-order valence-corrected chi connectivity index (χ3v) is 4.89. The van der Waals surface area contributed by atoms with E-state index in [1.54, 1.807) is 24.3 Å². The van der Waals surface area contributed by atoms with Gasteiger partial charge in [0.1, 0.15) is 5.75 Å². The van der Waals surface area contributed by atoms with E-state index in [1.807, 2.05) is 12.2 Å². The van der Waals surface area contributed by atoms with Crippen LogP contribution >= 0.6 is 0 Å². The number of imide groups is 1. The molecule has 1 aromatic carbocycles. The molecule has 1 fully saturated rings. The monoisotopic (exact) mass is 343 g/mol. The van der Waals surface area contributed by atoms with Crippen molar-refractivity contribution in [3.63, 3.8) is 0 Å². The molecule has 2 N–H and O–H groups in total. The molecule has 1 saturated heterocycles. The Bertz CT molecular complexity index is 651. The maximum Gasteiger partial charge on any atom is 0.292 e. The van der Waals surface area contributed by atoms with Gasteiger partial charge >= 0.3 is 0 Å². The topological polar surface area (TPSA) is 63.2 Å². The summed E-state index contributed by atoms with van der Waals surface area (Å²) >= 11 is 0. The Morgan fingerprint density at radius 3 is 2.68 bits per heavy atom. The second-order valence-electron chi connectivity index (χ2n) is 6.69. The zero-order valence-electron chi connectivity index (χ0n) is 14.9. The van der Waals surface area contributed by atoms with Crippen molar-refractivity contribution in [3.8, 4) is 5.75 Å². The van der Waals surface area contributed by atoms with Gasteiger partial charge in [0.25, 0.3) is 5.91 Å². The highest BCUT2D eigenvalue weighted by Crippen LogP contribution is 2.24. The third-order valence-electron chi connectivity index (χ3n) is 4.89. The number of carbonyl (C=O) groups is 2. The van der Waals surface area contributed by atoms with Crippen molar-refractivity contribution in [1.82, 2.24) is 0 Å². The number of quaternary nitrogens is 1. The highest BCUT2D eigenvalue weighted by atomic mass is 16.5. The van der Waals surface area contributed by atoms with Crippen LogP contribution in [0.2, 0.25) is 0 Å². The van der Waals surface area contributed by atoms with Crippen molar-refractivity contribution in [3.05, 3.63) is 35.9 Å². The number of amides is 2. The SMILES string of the molecule is CCOc1ccc(N2C(=O)C[C@@H]([NH2+]CCC3=CCCCC3)C2=O)cc1. The highest BCUT2D eigenvalue weighted by molar-refractivity contribution is 6.21. The normalized spacial score (nSPS) is 20.8. The predicted molar refractivity (Wildman–Crippen MR) is 96.5 cm³/mol. The zero-order chi connectivity index (χ0) is 17.6. The summed E-state index contributed by atoms with van der Waals surface area (Å²) in [5.74, 6) is 0.522. The van der Waals surface area contributed by atoms with E-state index >= 15 is 0 Å². The molecule has 3 rings (SSSR count). The first-order chi connectivity index (χ1) is 12.2. The maximum absolute atomic E-state index is 12.6. The average Bonchev–Trinajstić information content (AvgIpc) is 2.91. The summed E-state index contributed by atoms with van der Waals surface area (Å²) in [6.45, 7) is 3.38. The van der Waals surface area contributed by atoms with Crippen LogP contribution in [0.15, 0.2) is 35.9 Å². The Labute approximate surface area is 149 Å². The van der Waals surface area contributed by atoms with Crippen molar-refractivity contribution < 1.29 is 19.6 Å². The Balaban J connectivity index is 1.57. The van der Waals surface area contributed by atoms with Gasteiger partial charge in [-0.2, -0.15) is 0 Å². The molecule has 0 radical (unpaired) electrons. The van der Waals surface area contributed by atoms with Gasteiger partial charge in [0, 0.05) is 6.42 Å². The number of ether oxygens (including phenoxy) is 1. The lowest BCUT2D eigenvalue weighted by Gasteiger charge is -2.15. The Morgan fingerprint density at radius 1 is 1.20 bits per heavy atom. The van der Waals surface area contributed by atoms with Crippen LogP contribution in [0, 0.1) is 0 Å². The van der Waals surface area contributed by atoms with E-state index in [1.165, 1.54) is 36.2 Å². The van der Waals surface area contributed by atoms with Crippen molar-refractivity contribution in [2.75, 3.05) is 18.1 Å². The molecule has 1 aliphatic heterocycles. The van der Waals surface area contributed by atoms with Gasteiger partial charge in [0.15, 0.2) is 6.04 Å². The van der Waals surface area contributed by atoms with E-state index in [4.69, 9.17) is 4.74 Å². The molecule has 2 amide bonds. The quantitative estimate of drug-likeness (QED) is 0.610. The summed E-state index contributed by atoms with van der Waals surface area (Å²) in [7, 11) is 0. The molecule has 1 aromatic rings. The number of nitrogens with zero attached hydrogens (tertiary/aromatic N) is 1. The van der Waals surface area contributed by atoms with E-state index in [2.05, 4.69) is 6.08 Å². The highest BCUT2D eigenvalue weighted by Gasteiger charge is 2.42. The standard InChI is InChI=1S/C20H26N2O3/c1-2-25-17-10-8-16(9-11-17)22-19(23)14-18(20(22)24)21-13-12-15-6-4-3-5-7-15/h6,8-11,18,21H,2-5,7,12-14H2,1H3/p+1/t18-/m1/s1. The lowest BCUT2D eigenvalue weighted by atomic mass is 9.97. The Kier molecular flexibility index (Phi) is 5.87. The molecule has 25 heavy (non-hydrogen) atoms. The molecular weight excluding hydrogens is 316 g/mol. The smallest absolute Gasteiger partial charge is 0.292 e. The van der Waals surface area contributed by atoms with Crippen LogP contribution in [0.5, 0.6) is 5.75 Å². The number of carbonyl (C=O) groups excluding carboxylic acids is 2. The summed E-state index contributed by atoms with van der Waals surface area (Å²) in [6, 6.07) is 6.85. The summed E-state index contributed by atoms with van der Waals surface area (Å²) in [4.78, 5) is 26.3.